The molecule has 0 spiro atoms. The van der Waals surface area contributed by atoms with E-state index in [1.165, 1.54) is 4.88 Å². The summed E-state index contributed by atoms with van der Waals surface area (Å²) in [6.45, 7) is 4.93. The molecule has 1 rings (SSSR count). The molecule has 0 amide bonds. The summed E-state index contributed by atoms with van der Waals surface area (Å²) < 4.78 is 10.8. The van der Waals surface area contributed by atoms with Gasteiger partial charge in [-0.2, -0.15) is 0 Å². The number of nitrogens with one attached hydrogen (secondary N) is 1. The quantitative estimate of drug-likeness (QED) is 0.789. The van der Waals surface area contributed by atoms with Crippen LogP contribution in [0.1, 0.15) is 17.0 Å². The molecule has 0 aliphatic carbocycles. The smallest absolute Gasteiger partial charge is 0.183 e. The van der Waals surface area contributed by atoms with Crippen LogP contribution in [0, 0.1) is 13.8 Å². The van der Waals surface area contributed by atoms with Crippen LogP contribution in [0.15, 0.2) is 0 Å². The Bertz CT molecular complexity index is 303. The molecule has 0 saturated heterocycles. The molecule has 80 valence electrons. The molecular formula is C9H16N2OS2. The average molecular weight is 232 g/mol. The van der Waals surface area contributed by atoms with Crippen molar-refractivity contribution in [3.05, 3.63) is 10.6 Å². The maximum atomic E-state index is 10.8. The van der Waals surface area contributed by atoms with Gasteiger partial charge in [0.15, 0.2) is 5.13 Å². The van der Waals surface area contributed by atoms with Gasteiger partial charge in [-0.15, -0.1) is 11.3 Å². The van der Waals surface area contributed by atoms with Crippen LogP contribution in [0.3, 0.4) is 0 Å². The zero-order chi connectivity index (χ0) is 10.6. The lowest BCUT2D eigenvalue weighted by molar-refractivity contribution is 0.685. The number of rotatable bonds is 5. The largest absolute Gasteiger partial charge is 0.361 e. The van der Waals surface area contributed by atoms with Crippen molar-refractivity contribution in [1.82, 2.24) is 4.98 Å². The van der Waals surface area contributed by atoms with E-state index in [-0.39, 0.29) is 0 Å². The predicted molar refractivity (Wildman–Crippen MR) is 63.6 cm³/mol. The highest BCUT2D eigenvalue weighted by molar-refractivity contribution is 7.84. The monoisotopic (exact) mass is 232 g/mol. The Hall–Kier alpha value is -0.420. The van der Waals surface area contributed by atoms with Crippen molar-refractivity contribution in [3.63, 3.8) is 0 Å². The summed E-state index contributed by atoms with van der Waals surface area (Å²) in [5.74, 6) is 0.760. The van der Waals surface area contributed by atoms with Crippen LogP contribution >= 0.6 is 11.3 Å². The van der Waals surface area contributed by atoms with Gasteiger partial charge in [-0.25, -0.2) is 4.98 Å². The van der Waals surface area contributed by atoms with E-state index in [0.717, 1.165) is 29.5 Å². The molecule has 0 fully saturated rings. The molecule has 14 heavy (non-hydrogen) atoms. The fourth-order valence-corrected chi connectivity index (χ4v) is 2.41. The van der Waals surface area contributed by atoms with Crippen molar-refractivity contribution in [2.75, 3.05) is 23.9 Å². The Kier molecular flexibility index (Phi) is 4.54. The van der Waals surface area contributed by atoms with E-state index in [1.807, 2.05) is 6.92 Å². The zero-order valence-corrected chi connectivity index (χ0v) is 10.4. The highest BCUT2D eigenvalue weighted by Gasteiger charge is 2.01. The predicted octanol–water partition coefficient (Wildman–Crippen LogP) is 1.94. The molecule has 3 nitrogen and oxygen atoms in total. The highest BCUT2D eigenvalue weighted by Crippen LogP contribution is 2.20. The third kappa shape index (κ3) is 3.75. The molecule has 0 aliphatic heterocycles. The van der Waals surface area contributed by atoms with E-state index in [9.17, 15) is 4.21 Å². The van der Waals surface area contributed by atoms with E-state index in [1.54, 1.807) is 17.6 Å². The minimum absolute atomic E-state index is 0.680. The number of aryl methyl sites for hydroxylation is 2. The lowest BCUT2D eigenvalue weighted by atomic mass is 10.4. The van der Waals surface area contributed by atoms with Gasteiger partial charge in [-0.1, -0.05) is 0 Å². The van der Waals surface area contributed by atoms with Gasteiger partial charge in [0.05, 0.1) is 5.69 Å². The lowest BCUT2D eigenvalue weighted by Crippen LogP contribution is -2.05. The molecule has 0 aromatic carbocycles. The Balaban J connectivity index is 2.28. The maximum absolute atomic E-state index is 10.8. The molecule has 1 aromatic heterocycles. The summed E-state index contributed by atoms with van der Waals surface area (Å²) in [5, 5.41) is 4.21. The number of anilines is 1. The molecule has 5 heteroatoms. The Morgan fingerprint density at radius 3 is 2.71 bits per heavy atom. The fourth-order valence-electron chi connectivity index (χ4n) is 1.02. The normalized spacial score (nSPS) is 12.8. The minimum atomic E-state index is -0.680. The summed E-state index contributed by atoms with van der Waals surface area (Å²) in [4.78, 5) is 5.61. The number of aromatic nitrogens is 1. The number of thiazole rings is 1. The maximum Gasteiger partial charge on any atom is 0.183 e. The summed E-state index contributed by atoms with van der Waals surface area (Å²) in [6, 6.07) is 0. The standard InChI is InChI=1S/C9H16N2OS2/c1-7-8(2)13-9(11-7)10-5-4-6-14(3)12/h4-6H2,1-3H3,(H,10,11). The third-order valence-electron chi connectivity index (χ3n) is 1.91. The van der Waals surface area contributed by atoms with Gasteiger partial charge in [0.2, 0.25) is 0 Å². The Labute approximate surface area is 91.4 Å². The zero-order valence-electron chi connectivity index (χ0n) is 8.79. The molecule has 0 radical (unpaired) electrons. The summed E-state index contributed by atoms with van der Waals surface area (Å²) in [5.41, 5.74) is 1.09. The van der Waals surface area contributed by atoms with E-state index in [4.69, 9.17) is 0 Å². The molecule has 1 heterocycles. The van der Waals surface area contributed by atoms with Gasteiger partial charge in [0, 0.05) is 34.2 Å². The number of hydrogen-bond donors (Lipinski definition) is 1. The van der Waals surface area contributed by atoms with Crippen molar-refractivity contribution >= 4 is 27.3 Å². The summed E-state index contributed by atoms with van der Waals surface area (Å²) in [7, 11) is -0.680. The second kappa shape index (κ2) is 5.46. The van der Waals surface area contributed by atoms with Crippen LogP contribution < -0.4 is 5.32 Å². The van der Waals surface area contributed by atoms with Crippen LogP contribution in [0.2, 0.25) is 0 Å². The van der Waals surface area contributed by atoms with Gasteiger partial charge >= 0.3 is 0 Å². The Morgan fingerprint density at radius 2 is 2.21 bits per heavy atom. The topological polar surface area (TPSA) is 42.0 Å². The number of hydrogen-bond acceptors (Lipinski definition) is 4. The third-order valence-corrected chi connectivity index (χ3v) is 3.81. The van der Waals surface area contributed by atoms with Crippen molar-refractivity contribution in [2.24, 2.45) is 0 Å². The van der Waals surface area contributed by atoms with Crippen LogP contribution in [0.25, 0.3) is 0 Å². The SMILES string of the molecule is Cc1nc(NCCCS(C)=O)sc1C. The van der Waals surface area contributed by atoms with E-state index in [0.29, 0.717) is 0 Å². The molecule has 0 saturated carbocycles. The first-order valence-electron chi connectivity index (χ1n) is 4.57. The van der Waals surface area contributed by atoms with Crippen molar-refractivity contribution in [2.45, 2.75) is 20.3 Å². The van der Waals surface area contributed by atoms with E-state index < -0.39 is 10.8 Å². The van der Waals surface area contributed by atoms with Crippen molar-refractivity contribution < 1.29 is 4.21 Å². The minimum Gasteiger partial charge on any atom is -0.361 e. The first kappa shape index (κ1) is 11.7. The summed E-state index contributed by atoms with van der Waals surface area (Å²) in [6.07, 6.45) is 2.67. The van der Waals surface area contributed by atoms with Crippen LogP contribution in [-0.4, -0.2) is 27.7 Å². The van der Waals surface area contributed by atoms with Gasteiger partial charge in [0.1, 0.15) is 0 Å². The fraction of sp³-hybridized carbons (Fsp3) is 0.667. The van der Waals surface area contributed by atoms with Crippen molar-refractivity contribution in [3.8, 4) is 0 Å². The average Bonchev–Trinajstić information content (AvgIpc) is 2.40. The van der Waals surface area contributed by atoms with Crippen LogP contribution in [0.4, 0.5) is 5.13 Å². The second-order valence-electron chi connectivity index (χ2n) is 3.22. The lowest BCUT2D eigenvalue weighted by Gasteiger charge is -2.00. The second-order valence-corrected chi connectivity index (χ2v) is 5.98. The molecule has 0 aliphatic rings. The Morgan fingerprint density at radius 1 is 1.50 bits per heavy atom. The van der Waals surface area contributed by atoms with E-state index >= 15 is 0 Å². The molecule has 0 bridgehead atoms. The van der Waals surface area contributed by atoms with Crippen molar-refractivity contribution in [1.29, 1.82) is 0 Å². The van der Waals surface area contributed by atoms with Gasteiger partial charge in [-0.3, -0.25) is 4.21 Å². The van der Waals surface area contributed by atoms with Crippen LogP contribution in [0.5, 0.6) is 0 Å². The molecule has 1 atom stereocenters. The molecular weight excluding hydrogens is 216 g/mol. The van der Waals surface area contributed by atoms with Crippen LogP contribution in [-0.2, 0) is 10.8 Å². The number of nitrogens with zero attached hydrogens (tertiary/aromatic N) is 1. The van der Waals surface area contributed by atoms with Gasteiger partial charge in [-0.05, 0) is 20.3 Å². The highest BCUT2D eigenvalue weighted by atomic mass is 32.2. The molecule has 1 unspecified atom stereocenters. The molecule has 1 N–H and O–H groups in total. The van der Waals surface area contributed by atoms with E-state index in [2.05, 4.69) is 17.2 Å². The first-order chi connectivity index (χ1) is 6.59. The van der Waals surface area contributed by atoms with Gasteiger partial charge in [0.25, 0.3) is 0 Å². The van der Waals surface area contributed by atoms with Gasteiger partial charge < -0.3 is 5.32 Å². The molecule has 1 aromatic rings. The first-order valence-corrected chi connectivity index (χ1v) is 7.12. The summed E-state index contributed by atoms with van der Waals surface area (Å²) >= 11 is 1.68.